The van der Waals surface area contributed by atoms with Crippen LogP contribution in [-0.2, 0) is 0 Å². The first kappa shape index (κ1) is 16.3. The predicted molar refractivity (Wildman–Crippen MR) is 64.1 cm³/mol. The van der Waals surface area contributed by atoms with Gasteiger partial charge in [0.15, 0.2) is 0 Å². The number of nitro benzene ring substituents is 1. The van der Waals surface area contributed by atoms with Crippen molar-refractivity contribution in [3.63, 3.8) is 0 Å². The lowest BCUT2D eigenvalue weighted by Crippen LogP contribution is -2.41. The van der Waals surface area contributed by atoms with Gasteiger partial charge in [-0.1, -0.05) is 6.07 Å². The molecular weight excluding hydrogens is 352 g/mol. The molecule has 0 bridgehead atoms. The van der Waals surface area contributed by atoms with Gasteiger partial charge < -0.3 is 5.32 Å². The molecular formula is C10H7BrF4N2O3. The van der Waals surface area contributed by atoms with Crippen LogP contribution in [0, 0.1) is 10.1 Å². The van der Waals surface area contributed by atoms with Gasteiger partial charge in [0.05, 0.1) is 17.0 Å². The molecule has 1 aromatic carbocycles. The van der Waals surface area contributed by atoms with E-state index in [0.29, 0.717) is 0 Å². The number of halogens is 5. The predicted octanol–water partition coefficient (Wildman–Crippen LogP) is 2.99. The first-order valence-electron chi connectivity index (χ1n) is 5.04. The Bertz CT molecular complexity index is 539. The molecule has 1 rings (SSSR count). The molecule has 110 valence electrons. The second kappa shape index (κ2) is 6.16. The Morgan fingerprint density at radius 3 is 2.55 bits per heavy atom. The second-order valence-corrected chi connectivity index (χ2v) is 4.43. The molecule has 0 spiro atoms. The zero-order valence-corrected chi connectivity index (χ0v) is 11.2. The number of amides is 1. The molecule has 0 aliphatic heterocycles. The van der Waals surface area contributed by atoms with Crippen LogP contribution in [0.2, 0.25) is 0 Å². The molecule has 0 radical (unpaired) electrons. The van der Waals surface area contributed by atoms with Crippen LogP contribution in [0.1, 0.15) is 10.4 Å². The third-order valence-corrected chi connectivity index (χ3v) is 3.06. The summed E-state index contributed by atoms with van der Waals surface area (Å²) in [5.41, 5.74) is -0.748. The lowest BCUT2D eigenvalue weighted by molar-refractivity contribution is -0.385. The monoisotopic (exact) mass is 358 g/mol. The van der Waals surface area contributed by atoms with E-state index in [1.165, 1.54) is 6.07 Å². The van der Waals surface area contributed by atoms with Crippen molar-refractivity contribution in [1.82, 2.24) is 5.32 Å². The highest BCUT2D eigenvalue weighted by molar-refractivity contribution is 9.10. The normalized spacial score (nSPS) is 11.5. The van der Waals surface area contributed by atoms with Crippen LogP contribution < -0.4 is 5.32 Å². The van der Waals surface area contributed by atoms with Gasteiger partial charge in [-0.15, -0.1) is 0 Å². The highest BCUT2D eigenvalue weighted by Crippen LogP contribution is 2.28. The van der Waals surface area contributed by atoms with Gasteiger partial charge in [-0.2, -0.15) is 8.78 Å². The Hall–Kier alpha value is -1.71. The Morgan fingerprint density at radius 1 is 1.45 bits per heavy atom. The van der Waals surface area contributed by atoms with E-state index >= 15 is 0 Å². The molecule has 5 nitrogen and oxygen atoms in total. The fraction of sp³-hybridized carbons (Fsp3) is 0.300. The molecule has 10 heteroatoms. The lowest BCUT2D eigenvalue weighted by atomic mass is 10.2. The molecule has 1 aromatic rings. The van der Waals surface area contributed by atoms with Gasteiger partial charge in [0.25, 0.3) is 11.6 Å². The van der Waals surface area contributed by atoms with E-state index < -0.39 is 35.4 Å². The smallest absolute Gasteiger partial charge is 0.324 e. The van der Waals surface area contributed by atoms with Crippen molar-refractivity contribution in [1.29, 1.82) is 0 Å². The molecule has 0 aliphatic carbocycles. The van der Waals surface area contributed by atoms with Gasteiger partial charge in [-0.3, -0.25) is 14.9 Å². The average molecular weight is 359 g/mol. The molecule has 0 saturated carbocycles. The van der Waals surface area contributed by atoms with Crippen molar-refractivity contribution in [2.24, 2.45) is 0 Å². The summed E-state index contributed by atoms with van der Waals surface area (Å²) in [7, 11) is 0. The number of hydrogen-bond donors (Lipinski definition) is 1. The van der Waals surface area contributed by atoms with Crippen LogP contribution in [0.15, 0.2) is 22.7 Å². The Kier molecular flexibility index (Phi) is 5.03. The SMILES string of the molecule is O=C(NCC(F)(F)C(F)F)c1cccc([N+](=O)[O-])c1Br. The second-order valence-electron chi connectivity index (χ2n) is 3.64. The van der Waals surface area contributed by atoms with Crippen molar-refractivity contribution >= 4 is 27.5 Å². The van der Waals surface area contributed by atoms with E-state index in [1.807, 2.05) is 0 Å². The molecule has 0 aliphatic rings. The van der Waals surface area contributed by atoms with Gasteiger partial charge >= 0.3 is 12.3 Å². The molecule has 0 aromatic heterocycles. The fourth-order valence-corrected chi connectivity index (χ4v) is 1.80. The van der Waals surface area contributed by atoms with Crippen LogP contribution in [0.25, 0.3) is 0 Å². The molecule has 0 atom stereocenters. The largest absolute Gasteiger partial charge is 0.346 e. The molecule has 20 heavy (non-hydrogen) atoms. The minimum Gasteiger partial charge on any atom is -0.346 e. The number of nitrogens with one attached hydrogen (secondary N) is 1. The topological polar surface area (TPSA) is 72.2 Å². The highest BCUT2D eigenvalue weighted by Gasteiger charge is 2.41. The third-order valence-electron chi connectivity index (χ3n) is 2.22. The molecule has 1 amide bonds. The summed E-state index contributed by atoms with van der Waals surface area (Å²) in [4.78, 5) is 21.4. The zero-order valence-electron chi connectivity index (χ0n) is 9.58. The average Bonchev–Trinajstić information content (AvgIpc) is 2.35. The summed E-state index contributed by atoms with van der Waals surface area (Å²) < 4.78 is 48.9. The number of nitro groups is 1. The highest BCUT2D eigenvalue weighted by atomic mass is 79.9. The maximum atomic E-state index is 12.6. The quantitative estimate of drug-likeness (QED) is 0.499. The van der Waals surface area contributed by atoms with E-state index in [-0.39, 0.29) is 10.0 Å². The van der Waals surface area contributed by atoms with Crippen molar-refractivity contribution in [2.45, 2.75) is 12.3 Å². The number of hydrogen-bond acceptors (Lipinski definition) is 3. The minimum atomic E-state index is -4.37. The van der Waals surface area contributed by atoms with Crippen molar-refractivity contribution in [2.75, 3.05) is 6.54 Å². The summed E-state index contributed by atoms with van der Waals surface area (Å²) in [6.45, 7) is -1.57. The Morgan fingerprint density at radius 2 is 2.05 bits per heavy atom. The maximum absolute atomic E-state index is 12.6. The number of benzene rings is 1. The number of nitrogens with zero attached hydrogens (tertiary/aromatic N) is 1. The lowest BCUT2D eigenvalue weighted by Gasteiger charge is -2.16. The first-order valence-corrected chi connectivity index (χ1v) is 5.83. The number of rotatable bonds is 5. The van der Waals surface area contributed by atoms with E-state index in [9.17, 15) is 32.5 Å². The molecule has 0 saturated heterocycles. The summed E-state index contributed by atoms with van der Waals surface area (Å²) in [5, 5.41) is 12.2. The van der Waals surface area contributed by atoms with Gasteiger partial charge in [-0.25, -0.2) is 8.78 Å². The standard InChI is InChI=1S/C10H7BrF4N2O3/c11-7-5(2-1-3-6(7)17(19)20)8(18)16-4-10(14,15)9(12)13/h1-3,9H,4H2,(H,16,18). The van der Waals surface area contributed by atoms with E-state index in [0.717, 1.165) is 12.1 Å². The van der Waals surface area contributed by atoms with Crippen LogP contribution in [0.4, 0.5) is 23.2 Å². The van der Waals surface area contributed by atoms with E-state index in [4.69, 9.17) is 0 Å². The fourth-order valence-electron chi connectivity index (χ4n) is 1.21. The first-order chi connectivity index (χ1) is 9.16. The summed E-state index contributed by atoms with van der Waals surface area (Å²) in [6, 6.07) is 3.39. The van der Waals surface area contributed by atoms with Gasteiger partial charge in [0.1, 0.15) is 4.47 Å². The number of alkyl halides is 4. The van der Waals surface area contributed by atoms with Gasteiger partial charge in [-0.05, 0) is 22.0 Å². The van der Waals surface area contributed by atoms with Crippen molar-refractivity contribution in [3.8, 4) is 0 Å². The van der Waals surface area contributed by atoms with Crippen molar-refractivity contribution in [3.05, 3.63) is 38.3 Å². The number of carbonyl (C=O) groups excluding carboxylic acids is 1. The van der Waals surface area contributed by atoms with E-state index in [2.05, 4.69) is 15.9 Å². The minimum absolute atomic E-state index is 0.220. The maximum Gasteiger partial charge on any atom is 0.324 e. The summed E-state index contributed by atoms with van der Waals surface area (Å²) in [5.74, 6) is -5.50. The van der Waals surface area contributed by atoms with Crippen LogP contribution in [0.5, 0.6) is 0 Å². The zero-order chi connectivity index (χ0) is 15.5. The van der Waals surface area contributed by atoms with Gasteiger partial charge in [0, 0.05) is 6.07 Å². The van der Waals surface area contributed by atoms with Crippen LogP contribution >= 0.6 is 15.9 Å². The van der Waals surface area contributed by atoms with Crippen molar-refractivity contribution < 1.29 is 27.3 Å². The van der Waals surface area contributed by atoms with E-state index in [1.54, 1.807) is 5.32 Å². The molecule has 0 heterocycles. The number of carbonyl (C=O) groups is 1. The molecule has 0 fully saturated rings. The van der Waals surface area contributed by atoms with Crippen LogP contribution in [0.3, 0.4) is 0 Å². The van der Waals surface area contributed by atoms with Gasteiger partial charge in [0.2, 0.25) is 0 Å². The summed E-state index contributed by atoms with van der Waals surface area (Å²) >= 11 is 2.79. The Balaban J connectivity index is 2.89. The Labute approximate surface area is 118 Å². The third kappa shape index (κ3) is 3.65. The van der Waals surface area contributed by atoms with Crippen LogP contribution in [-0.4, -0.2) is 29.7 Å². The summed E-state index contributed by atoms with van der Waals surface area (Å²) in [6.07, 6.45) is -3.92. The molecule has 0 unspecified atom stereocenters. The molecule has 1 N–H and O–H groups in total.